The number of benzene rings is 1. The van der Waals surface area contributed by atoms with Crippen molar-refractivity contribution in [1.82, 2.24) is 0 Å². The lowest BCUT2D eigenvalue weighted by atomic mass is 9.44. The molecule has 0 radical (unpaired) electrons. The Bertz CT molecular complexity index is 852. The summed E-state index contributed by atoms with van der Waals surface area (Å²) >= 11 is 0. The summed E-state index contributed by atoms with van der Waals surface area (Å²) in [5.74, 6) is 1.63. The molecule has 1 N–H and O–H groups in total. The molecule has 32 heavy (non-hydrogen) atoms. The maximum atomic E-state index is 13.4. The molecule has 0 spiro atoms. The van der Waals surface area contributed by atoms with Crippen LogP contribution in [-0.2, 0) is 16.1 Å². The summed E-state index contributed by atoms with van der Waals surface area (Å²) in [4.78, 5) is 12.1. The van der Waals surface area contributed by atoms with Gasteiger partial charge in [-0.3, -0.25) is 4.79 Å². The molecule has 4 fully saturated rings. The largest absolute Gasteiger partial charge is 0.393 e. The van der Waals surface area contributed by atoms with E-state index in [1.165, 1.54) is 18.6 Å². The molecule has 0 aliphatic heterocycles. The number of carbonyl (C=O) groups excluding carboxylic acids is 1. The fraction of sp³-hybridized carbons (Fsp3) is 0.741. The number of ether oxygens (including phenoxy) is 1. The van der Waals surface area contributed by atoms with Crippen LogP contribution >= 0.6 is 0 Å². The first-order chi connectivity index (χ1) is 15.3. The van der Waals surface area contributed by atoms with E-state index >= 15 is 0 Å². The number of rotatable bonds is 5. The Morgan fingerprint density at radius 2 is 1.81 bits per heavy atom. The van der Waals surface area contributed by atoms with Gasteiger partial charge in [0.1, 0.15) is 17.4 Å². The van der Waals surface area contributed by atoms with Crippen LogP contribution in [0.4, 0.5) is 8.78 Å². The number of aliphatic hydroxyl groups is 1. The zero-order chi connectivity index (χ0) is 22.5. The van der Waals surface area contributed by atoms with Gasteiger partial charge in [-0.1, -0.05) is 6.92 Å². The third-order valence-electron chi connectivity index (χ3n) is 10.1. The smallest absolute Gasteiger partial charge is 0.133 e. The molecule has 0 heterocycles. The summed E-state index contributed by atoms with van der Waals surface area (Å²) < 4.78 is 32.7. The van der Waals surface area contributed by atoms with Gasteiger partial charge in [0, 0.05) is 30.9 Å². The predicted octanol–water partition coefficient (Wildman–Crippen LogP) is 5.82. The molecule has 4 saturated carbocycles. The molecular formula is C27H36F2O3. The van der Waals surface area contributed by atoms with Gasteiger partial charge in [-0.2, -0.15) is 0 Å². The molecule has 0 aromatic heterocycles. The van der Waals surface area contributed by atoms with Crippen molar-refractivity contribution in [3.8, 4) is 0 Å². The highest BCUT2D eigenvalue weighted by atomic mass is 19.1. The van der Waals surface area contributed by atoms with Crippen LogP contribution in [-0.4, -0.2) is 23.6 Å². The van der Waals surface area contributed by atoms with Crippen molar-refractivity contribution in [2.45, 2.75) is 83.8 Å². The molecule has 1 aromatic carbocycles. The molecule has 3 nitrogen and oxygen atoms in total. The molecule has 2 unspecified atom stereocenters. The quantitative estimate of drug-likeness (QED) is 0.580. The number of carbonyl (C=O) groups is 1. The first kappa shape index (κ1) is 22.5. The molecule has 4 aliphatic rings. The highest BCUT2D eigenvalue weighted by Crippen LogP contribution is 2.66. The van der Waals surface area contributed by atoms with E-state index in [1.54, 1.807) is 0 Å². The Morgan fingerprint density at radius 1 is 1.03 bits per heavy atom. The van der Waals surface area contributed by atoms with Gasteiger partial charge in [0.25, 0.3) is 0 Å². The van der Waals surface area contributed by atoms with Crippen LogP contribution in [0.15, 0.2) is 18.2 Å². The van der Waals surface area contributed by atoms with E-state index in [0.29, 0.717) is 41.6 Å². The monoisotopic (exact) mass is 446 g/mol. The fourth-order valence-electron chi connectivity index (χ4n) is 8.45. The first-order valence-corrected chi connectivity index (χ1v) is 12.5. The van der Waals surface area contributed by atoms with Gasteiger partial charge >= 0.3 is 0 Å². The van der Waals surface area contributed by atoms with Crippen LogP contribution < -0.4 is 0 Å². The van der Waals surface area contributed by atoms with E-state index in [0.717, 1.165) is 63.9 Å². The van der Waals surface area contributed by atoms with Crippen molar-refractivity contribution in [3.05, 3.63) is 35.4 Å². The zero-order valence-corrected chi connectivity index (χ0v) is 19.1. The summed E-state index contributed by atoms with van der Waals surface area (Å²) in [6.45, 7) is 3.13. The lowest BCUT2D eigenvalue weighted by Gasteiger charge is -2.60. The van der Waals surface area contributed by atoms with Crippen molar-refractivity contribution in [2.75, 3.05) is 6.61 Å². The number of aliphatic hydroxyl groups excluding tert-OH is 1. The van der Waals surface area contributed by atoms with E-state index in [4.69, 9.17) is 4.74 Å². The molecule has 5 heteroatoms. The van der Waals surface area contributed by atoms with Gasteiger partial charge in [0.05, 0.1) is 12.7 Å². The maximum absolute atomic E-state index is 13.4. The molecule has 7 atom stereocenters. The normalized spacial score (nSPS) is 41.1. The lowest BCUT2D eigenvalue weighted by Crippen LogP contribution is -2.55. The average molecular weight is 447 g/mol. The second-order valence-corrected chi connectivity index (χ2v) is 11.3. The van der Waals surface area contributed by atoms with E-state index in [9.17, 15) is 18.7 Å². The second-order valence-electron chi connectivity index (χ2n) is 11.3. The van der Waals surface area contributed by atoms with E-state index in [2.05, 4.69) is 6.92 Å². The fourth-order valence-corrected chi connectivity index (χ4v) is 8.45. The molecular weight excluding hydrogens is 410 g/mol. The van der Waals surface area contributed by atoms with E-state index in [1.807, 2.05) is 0 Å². The van der Waals surface area contributed by atoms with Gasteiger partial charge in [-0.05, 0) is 98.1 Å². The topological polar surface area (TPSA) is 46.5 Å². The third-order valence-corrected chi connectivity index (χ3v) is 10.1. The van der Waals surface area contributed by atoms with Crippen LogP contribution in [0.25, 0.3) is 0 Å². The van der Waals surface area contributed by atoms with Crippen LogP contribution in [0, 0.1) is 46.1 Å². The third kappa shape index (κ3) is 3.73. The van der Waals surface area contributed by atoms with Crippen molar-refractivity contribution < 1.29 is 23.4 Å². The molecule has 176 valence electrons. The second kappa shape index (κ2) is 8.47. The summed E-state index contributed by atoms with van der Waals surface area (Å²) in [5, 5.41) is 11.1. The summed E-state index contributed by atoms with van der Waals surface area (Å²) in [5.41, 5.74) is 0.682. The van der Waals surface area contributed by atoms with Crippen LogP contribution in [0.5, 0.6) is 0 Å². The number of ketones is 1. The summed E-state index contributed by atoms with van der Waals surface area (Å²) in [7, 11) is 0. The Balaban J connectivity index is 1.27. The zero-order valence-electron chi connectivity index (χ0n) is 19.1. The van der Waals surface area contributed by atoms with Crippen molar-refractivity contribution in [3.63, 3.8) is 0 Å². The lowest BCUT2D eigenvalue weighted by molar-refractivity contribution is -0.147. The SMILES string of the molecule is C[C@]12CCC(=O)CC1CC[C@H]1C3CC[C@H](O)[C@@]3(CCOCc3cc(F)cc(F)c3)CC[C@@H]12. The van der Waals surface area contributed by atoms with Crippen LogP contribution in [0.1, 0.15) is 76.7 Å². The van der Waals surface area contributed by atoms with Gasteiger partial charge in [0.15, 0.2) is 0 Å². The van der Waals surface area contributed by atoms with Gasteiger partial charge in [-0.15, -0.1) is 0 Å². The number of hydrogen-bond donors (Lipinski definition) is 1. The van der Waals surface area contributed by atoms with Crippen LogP contribution in [0.2, 0.25) is 0 Å². The minimum Gasteiger partial charge on any atom is -0.393 e. The molecule has 0 saturated heterocycles. The summed E-state index contributed by atoms with van der Waals surface area (Å²) in [6, 6.07) is 3.50. The van der Waals surface area contributed by atoms with Crippen molar-refractivity contribution in [1.29, 1.82) is 0 Å². The van der Waals surface area contributed by atoms with Gasteiger partial charge < -0.3 is 9.84 Å². The Hall–Kier alpha value is -1.33. The van der Waals surface area contributed by atoms with Crippen molar-refractivity contribution >= 4 is 5.78 Å². The van der Waals surface area contributed by atoms with E-state index in [-0.39, 0.29) is 23.5 Å². The number of Topliss-reactive ketones (excluding diaryl/α,β-unsaturated/α-hetero) is 1. The minimum absolute atomic E-state index is 0.0952. The molecule has 0 amide bonds. The highest BCUT2D eigenvalue weighted by molar-refractivity contribution is 5.79. The molecule has 0 bridgehead atoms. The standard InChI is InChI=1S/C27H36F2O3/c1-26-8-6-21(30)14-18(26)2-3-22-23(26)7-9-27(24(22)4-5-25(27)31)10-11-32-16-17-12-19(28)15-20(29)13-17/h12-13,15,18,22-25,31H,2-11,14,16H2,1H3/t18?,22-,23+,24?,25+,26+,27-/m1/s1. The van der Waals surface area contributed by atoms with E-state index < -0.39 is 11.6 Å². The van der Waals surface area contributed by atoms with Gasteiger partial charge in [0.2, 0.25) is 0 Å². The molecule has 5 rings (SSSR count). The number of halogens is 2. The predicted molar refractivity (Wildman–Crippen MR) is 118 cm³/mol. The molecule has 1 aromatic rings. The Morgan fingerprint density at radius 3 is 2.59 bits per heavy atom. The summed E-state index contributed by atoms with van der Waals surface area (Å²) in [6.07, 6.45) is 9.49. The van der Waals surface area contributed by atoms with Crippen LogP contribution in [0.3, 0.4) is 0 Å². The average Bonchev–Trinajstić information content (AvgIpc) is 3.08. The maximum Gasteiger partial charge on any atom is 0.133 e. The molecule has 4 aliphatic carbocycles. The first-order valence-electron chi connectivity index (χ1n) is 12.5. The van der Waals surface area contributed by atoms with Gasteiger partial charge in [-0.25, -0.2) is 8.78 Å². The Kier molecular flexibility index (Phi) is 5.94. The number of hydrogen-bond acceptors (Lipinski definition) is 3. The minimum atomic E-state index is -0.583. The highest BCUT2D eigenvalue weighted by Gasteiger charge is 2.61. The Labute approximate surface area is 189 Å². The van der Waals surface area contributed by atoms with Crippen molar-refractivity contribution in [2.24, 2.45) is 34.5 Å². The number of fused-ring (bicyclic) bond motifs is 5.